The molecule has 1 nitrogen and oxygen atoms in total. The van der Waals surface area contributed by atoms with Gasteiger partial charge in [0.25, 0.3) is 0 Å². The van der Waals surface area contributed by atoms with Crippen LogP contribution in [0.2, 0.25) is 0 Å². The third-order valence-corrected chi connectivity index (χ3v) is 4.56. The molecule has 0 aliphatic rings. The molecular weight excluding hydrogens is 274 g/mol. The maximum atomic E-state index is 4.23. The number of hydrogen-bond acceptors (Lipinski definition) is 2. The second-order valence-electron chi connectivity index (χ2n) is 5.12. The zero-order chi connectivity index (χ0) is 14.7. The third-order valence-electron chi connectivity index (χ3n) is 3.66. The second kappa shape index (κ2) is 6.06. The first-order valence-corrected chi connectivity index (χ1v) is 7.85. The van der Waals surface area contributed by atoms with E-state index in [9.17, 15) is 0 Å². The van der Waals surface area contributed by atoms with Gasteiger partial charge in [0.15, 0.2) is 0 Å². The standard InChI is InChI=1S/C19H17NS/c1-14(5-6-15(2)18-4-3-10-20-13-18)16-7-8-19-17(12-16)9-11-21-19/h3-4,7-13H,1-2,5-6H2. The minimum atomic E-state index is 0.909. The van der Waals surface area contributed by atoms with Crippen molar-refractivity contribution >= 4 is 32.6 Å². The molecule has 104 valence electrons. The lowest BCUT2D eigenvalue weighted by Gasteiger charge is -2.08. The van der Waals surface area contributed by atoms with Crippen molar-refractivity contribution < 1.29 is 0 Å². The summed E-state index contributed by atoms with van der Waals surface area (Å²) in [7, 11) is 0. The van der Waals surface area contributed by atoms with Crippen LogP contribution in [0.3, 0.4) is 0 Å². The predicted octanol–water partition coefficient (Wildman–Crippen LogP) is 5.80. The quantitative estimate of drug-likeness (QED) is 0.578. The van der Waals surface area contributed by atoms with Crippen LogP contribution in [0, 0.1) is 0 Å². The smallest absolute Gasteiger partial charge is 0.0343 e. The number of allylic oxidation sites excluding steroid dienone is 2. The van der Waals surface area contributed by atoms with Crippen molar-refractivity contribution in [1.29, 1.82) is 0 Å². The van der Waals surface area contributed by atoms with Crippen LogP contribution in [-0.4, -0.2) is 4.98 Å². The van der Waals surface area contributed by atoms with Crippen LogP contribution in [0.4, 0.5) is 0 Å². The van der Waals surface area contributed by atoms with Gasteiger partial charge < -0.3 is 0 Å². The summed E-state index contributed by atoms with van der Waals surface area (Å²) in [6.07, 6.45) is 5.48. The van der Waals surface area contributed by atoms with Gasteiger partial charge in [-0.05, 0) is 70.1 Å². The Kier molecular flexibility index (Phi) is 3.98. The number of pyridine rings is 1. The van der Waals surface area contributed by atoms with E-state index >= 15 is 0 Å². The van der Waals surface area contributed by atoms with Gasteiger partial charge in [-0.3, -0.25) is 4.98 Å². The van der Waals surface area contributed by atoms with Gasteiger partial charge in [-0.1, -0.05) is 25.3 Å². The maximum Gasteiger partial charge on any atom is 0.0343 e. The van der Waals surface area contributed by atoms with Crippen LogP contribution in [-0.2, 0) is 0 Å². The van der Waals surface area contributed by atoms with Crippen LogP contribution >= 0.6 is 11.3 Å². The number of nitrogens with zero attached hydrogens (tertiary/aromatic N) is 1. The van der Waals surface area contributed by atoms with Crippen molar-refractivity contribution in [2.24, 2.45) is 0 Å². The van der Waals surface area contributed by atoms with Gasteiger partial charge in [0.05, 0.1) is 0 Å². The molecule has 0 amide bonds. The number of benzene rings is 1. The topological polar surface area (TPSA) is 12.9 Å². The van der Waals surface area contributed by atoms with E-state index in [4.69, 9.17) is 0 Å². The molecule has 0 atom stereocenters. The molecule has 2 heterocycles. The lowest BCUT2D eigenvalue weighted by atomic mass is 9.97. The van der Waals surface area contributed by atoms with Gasteiger partial charge in [-0.2, -0.15) is 0 Å². The maximum absolute atomic E-state index is 4.23. The van der Waals surface area contributed by atoms with E-state index in [1.807, 2.05) is 12.3 Å². The molecule has 0 N–H and O–H groups in total. The van der Waals surface area contributed by atoms with Gasteiger partial charge in [0, 0.05) is 17.1 Å². The molecule has 0 bridgehead atoms. The zero-order valence-electron chi connectivity index (χ0n) is 11.9. The fourth-order valence-corrected chi connectivity index (χ4v) is 3.12. The van der Waals surface area contributed by atoms with Crippen LogP contribution in [0.15, 0.2) is 67.3 Å². The minimum absolute atomic E-state index is 0.909. The van der Waals surface area contributed by atoms with E-state index in [1.54, 1.807) is 17.5 Å². The summed E-state index contributed by atoms with van der Waals surface area (Å²) in [4.78, 5) is 4.14. The van der Waals surface area contributed by atoms with E-state index in [-0.39, 0.29) is 0 Å². The Labute approximate surface area is 129 Å². The Morgan fingerprint density at radius 3 is 2.57 bits per heavy atom. The van der Waals surface area contributed by atoms with E-state index in [0.29, 0.717) is 0 Å². The van der Waals surface area contributed by atoms with Crippen molar-refractivity contribution in [2.75, 3.05) is 0 Å². The summed E-state index contributed by atoms with van der Waals surface area (Å²) in [5, 5.41) is 3.42. The first-order chi connectivity index (χ1) is 10.2. The average Bonchev–Trinajstić information content (AvgIpc) is 3.00. The molecule has 0 aliphatic carbocycles. The van der Waals surface area contributed by atoms with E-state index < -0.39 is 0 Å². The van der Waals surface area contributed by atoms with E-state index in [2.05, 4.69) is 53.9 Å². The number of fused-ring (bicyclic) bond motifs is 1. The summed E-state index contributed by atoms with van der Waals surface area (Å²) in [6, 6.07) is 12.7. The number of aromatic nitrogens is 1. The van der Waals surface area contributed by atoms with Crippen LogP contribution in [0.1, 0.15) is 24.0 Å². The Morgan fingerprint density at radius 1 is 1.00 bits per heavy atom. The normalized spacial score (nSPS) is 10.7. The average molecular weight is 291 g/mol. The molecule has 0 saturated heterocycles. The van der Waals surface area contributed by atoms with Crippen molar-refractivity contribution in [3.8, 4) is 0 Å². The summed E-state index contributed by atoms with van der Waals surface area (Å²) < 4.78 is 1.33. The monoisotopic (exact) mass is 291 g/mol. The molecule has 0 radical (unpaired) electrons. The fourth-order valence-electron chi connectivity index (χ4n) is 2.35. The molecular formula is C19H17NS. The highest BCUT2D eigenvalue weighted by Crippen LogP contribution is 2.28. The van der Waals surface area contributed by atoms with E-state index in [1.165, 1.54) is 15.6 Å². The molecule has 0 aliphatic heterocycles. The van der Waals surface area contributed by atoms with Gasteiger partial charge in [0.2, 0.25) is 0 Å². The Hall–Kier alpha value is -2.19. The van der Waals surface area contributed by atoms with Gasteiger partial charge in [-0.15, -0.1) is 11.3 Å². The Balaban J connectivity index is 1.67. The first kappa shape index (κ1) is 13.8. The molecule has 3 aromatic rings. The van der Waals surface area contributed by atoms with Crippen molar-refractivity contribution in [2.45, 2.75) is 12.8 Å². The highest BCUT2D eigenvalue weighted by Gasteiger charge is 2.04. The highest BCUT2D eigenvalue weighted by atomic mass is 32.1. The van der Waals surface area contributed by atoms with Crippen LogP contribution in [0.5, 0.6) is 0 Å². The molecule has 21 heavy (non-hydrogen) atoms. The minimum Gasteiger partial charge on any atom is -0.264 e. The van der Waals surface area contributed by atoms with Crippen LogP contribution in [0.25, 0.3) is 21.2 Å². The van der Waals surface area contributed by atoms with Crippen LogP contribution < -0.4 is 0 Å². The van der Waals surface area contributed by atoms with Gasteiger partial charge >= 0.3 is 0 Å². The highest BCUT2D eigenvalue weighted by molar-refractivity contribution is 7.17. The molecule has 2 aromatic heterocycles. The lowest BCUT2D eigenvalue weighted by Crippen LogP contribution is -1.87. The SMILES string of the molecule is C=C(CCC(=C)c1ccc2sccc2c1)c1cccnc1. The second-order valence-corrected chi connectivity index (χ2v) is 6.07. The van der Waals surface area contributed by atoms with Crippen molar-refractivity contribution in [3.63, 3.8) is 0 Å². The third kappa shape index (κ3) is 3.11. The van der Waals surface area contributed by atoms with E-state index in [0.717, 1.165) is 29.6 Å². The summed E-state index contributed by atoms with van der Waals surface area (Å²) in [5.41, 5.74) is 4.60. The van der Waals surface area contributed by atoms with Crippen molar-refractivity contribution in [1.82, 2.24) is 4.98 Å². The van der Waals surface area contributed by atoms with Gasteiger partial charge in [-0.25, -0.2) is 0 Å². The predicted molar refractivity (Wildman–Crippen MR) is 93.4 cm³/mol. The molecule has 0 spiro atoms. The lowest BCUT2D eigenvalue weighted by molar-refractivity contribution is 1.09. The summed E-state index contributed by atoms with van der Waals surface area (Å²) in [6.45, 7) is 8.38. The first-order valence-electron chi connectivity index (χ1n) is 6.97. The van der Waals surface area contributed by atoms with Crippen molar-refractivity contribution in [3.05, 3.63) is 78.5 Å². The number of rotatable bonds is 5. The molecule has 0 unspecified atom stereocenters. The summed E-state index contributed by atoms with van der Waals surface area (Å²) in [5.74, 6) is 0. The fraction of sp³-hybridized carbons (Fsp3) is 0.105. The Bertz CT molecular complexity index is 783. The Morgan fingerprint density at radius 2 is 1.81 bits per heavy atom. The largest absolute Gasteiger partial charge is 0.264 e. The zero-order valence-corrected chi connectivity index (χ0v) is 12.7. The number of hydrogen-bond donors (Lipinski definition) is 0. The number of thiophene rings is 1. The molecule has 2 heteroatoms. The molecule has 1 aromatic carbocycles. The molecule has 3 rings (SSSR count). The van der Waals surface area contributed by atoms with Gasteiger partial charge in [0.1, 0.15) is 0 Å². The summed E-state index contributed by atoms with van der Waals surface area (Å²) >= 11 is 1.77. The molecule has 0 saturated carbocycles. The molecule has 0 fully saturated rings.